The minimum absolute atomic E-state index is 0.0413. The maximum Gasteiger partial charge on any atom is 0.249 e. The predicted octanol–water partition coefficient (Wildman–Crippen LogP) is 1.35. The molecule has 4 aliphatic rings. The van der Waals surface area contributed by atoms with Crippen molar-refractivity contribution in [2.24, 2.45) is 11.8 Å². The van der Waals surface area contributed by atoms with Crippen LogP contribution in [-0.4, -0.2) is 94.1 Å². The minimum atomic E-state index is -1.22. The summed E-state index contributed by atoms with van der Waals surface area (Å²) in [6.45, 7) is 7.93. The summed E-state index contributed by atoms with van der Waals surface area (Å²) in [7, 11) is 0. The first kappa shape index (κ1) is 24.0. The van der Waals surface area contributed by atoms with Gasteiger partial charge in [0.2, 0.25) is 17.7 Å². The van der Waals surface area contributed by atoms with Crippen LogP contribution in [0.5, 0.6) is 0 Å². The maximum atomic E-state index is 13.8. The van der Waals surface area contributed by atoms with Crippen LogP contribution < -0.4 is 0 Å². The zero-order chi connectivity index (χ0) is 23.8. The number of ether oxygens (including phenoxy) is 1. The molecular weight excluding hydrogens is 422 g/mol. The molecule has 4 aliphatic heterocycles. The predicted molar refractivity (Wildman–Crippen MR) is 123 cm³/mol. The lowest BCUT2D eigenvalue weighted by atomic mass is 9.74. The van der Waals surface area contributed by atoms with E-state index in [1.807, 2.05) is 38.2 Å². The van der Waals surface area contributed by atoms with Crippen LogP contribution in [0, 0.1) is 11.8 Å². The number of β-amino-alcohol motifs (C(OH)–C–C–N with tert-alkyl or cyclic N) is 1. The molecule has 8 heteroatoms. The highest BCUT2D eigenvalue weighted by Crippen LogP contribution is 2.57. The van der Waals surface area contributed by atoms with E-state index in [-0.39, 0.29) is 30.9 Å². The number of hydrogen-bond acceptors (Lipinski definition) is 5. The van der Waals surface area contributed by atoms with Crippen LogP contribution in [0.4, 0.5) is 0 Å². The first-order chi connectivity index (χ1) is 15.8. The van der Waals surface area contributed by atoms with E-state index in [1.165, 1.54) is 4.90 Å². The molecule has 4 heterocycles. The maximum absolute atomic E-state index is 13.8. The quantitative estimate of drug-likeness (QED) is 0.437. The van der Waals surface area contributed by atoms with Gasteiger partial charge in [0.1, 0.15) is 11.6 Å². The Bertz CT molecular complexity index is 857. The lowest BCUT2D eigenvalue weighted by Gasteiger charge is -2.37. The molecule has 0 aromatic carbocycles. The van der Waals surface area contributed by atoms with Gasteiger partial charge in [0.05, 0.1) is 24.0 Å². The van der Waals surface area contributed by atoms with Gasteiger partial charge in [-0.1, -0.05) is 51.0 Å². The van der Waals surface area contributed by atoms with Crippen molar-refractivity contribution in [1.82, 2.24) is 14.7 Å². The smallest absolute Gasteiger partial charge is 0.249 e. The Morgan fingerprint density at radius 1 is 0.909 bits per heavy atom. The molecule has 0 saturated carbocycles. The van der Waals surface area contributed by atoms with Crippen molar-refractivity contribution in [2.45, 2.75) is 63.7 Å². The van der Waals surface area contributed by atoms with E-state index in [0.717, 1.165) is 25.7 Å². The summed E-state index contributed by atoms with van der Waals surface area (Å²) in [6.07, 6.45) is 11.4. The minimum Gasteiger partial charge on any atom is -0.395 e. The summed E-state index contributed by atoms with van der Waals surface area (Å²) in [5.74, 6) is -2.07. The molecule has 2 saturated heterocycles. The van der Waals surface area contributed by atoms with Gasteiger partial charge >= 0.3 is 0 Å². The van der Waals surface area contributed by atoms with E-state index >= 15 is 0 Å². The highest BCUT2D eigenvalue weighted by atomic mass is 16.5. The molecule has 182 valence electrons. The molecule has 3 amide bonds. The Morgan fingerprint density at radius 3 is 2.27 bits per heavy atom. The van der Waals surface area contributed by atoms with Gasteiger partial charge in [0.15, 0.2) is 0 Å². The molecule has 0 aliphatic carbocycles. The third-order valence-corrected chi connectivity index (χ3v) is 7.59. The number of fused-ring (bicyclic) bond motifs is 2. The summed E-state index contributed by atoms with van der Waals surface area (Å²) in [6, 6.07) is -0.882. The zero-order valence-corrected chi connectivity index (χ0v) is 20.0. The lowest BCUT2D eigenvalue weighted by Crippen LogP contribution is -2.56. The molecule has 0 bridgehead atoms. The fourth-order valence-electron chi connectivity index (χ4n) is 6.19. The second kappa shape index (κ2) is 9.22. The van der Waals surface area contributed by atoms with Gasteiger partial charge in [0.25, 0.3) is 0 Å². The van der Waals surface area contributed by atoms with E-state index in [9.17, 15) is 19.5 Å². The summed E-state index contributed by atoms with van der Waals surface area (Å²) < 4.78 is 6.70. The van der Waals surface area contributed by atoms with Gasteiger partial charge in [0, 0.05) is 32.7 Å². The van der Waals surface area contributed by atoms with Gasteiger partial charge in [-0.25, -0.2) is 0 Å². The van der Waals surface area contributed by atoms with Crippen LogP contribution in [0.15, 0.2) is 24.3 Å². The standard InChI is InChI=1S/C25H37N3O5/c1-4-6-7-13-27-15-9-11-25-19(22(31)28(16-17-29)20(25)23(27)32)18-21(30)26(12-5-2)14-8-10-24(18,3)33-25/h8-11,18-20,29H,4-7,12-17H2,1-3H3/t18-,19+,20?,24+,25+/m1/s1. The molecule has 33 heavy (non-hydrogen) atoms. The molecule has 8 nitrogen and oxygen atoms in total. The Balaban J connectivity index is 1.78. The number of aliphatic hydroxyl groups is 1. The lowest BCUT2D eigenvalue weighted by molar-refractivity contribution is -0.153. The number of rotatable bonds is 8. The summed E-state index contributed by atoms with van der Waals surface area (Å²) >= 11 is 0. The van der Waals surface area contributed by atoms with Crippen molar-refractivity contribution in [1.29, 1.82) is 0 Å². The average Bonchev–Trinajstić information content (AvgIpc) is 3.04. The third kappa shape index (κ3) is 3.71. The highest BCUT2D eigenvalue weighted by Gasteiger charge is 2.74. The highest BCUT2D eigenvalue weighted by molar-refractivity contribution is 6.00. The molecular formula is C25H37N3O5. The molecule has 4 rings (SSSR count). The van der Waals surface area contributed by atoms with Crippen molar-refractivity contribution >= 4 is 17.7 Å². The van der Waals surface area contributed by atoms with Crippen LogP contribution >= 0.6 is 0 Å². The SMILES string of the molecule is CCCCCN1CC=C[C@]23O[C@@]4(C)C=CCN(CCC)C(=O)[C@H]4[C@H]2C(=O)N(CCO)C3C1=O. The Morgan fingerprint density at radius 2 is 1.61 bits per heavy atom. The van der Waals surface area contributed by atoms with Crippen LogP contribution in [0.3, 0.4) is 0 Å². The van der Waals surface area contributed by atoms with E-state index in [2.05, 4.69) is 6.92 Å². The topological polar surface area (TPSA) is 90.4 Å². The van der Waals surface area contributed by atoms with Crippen molar-refractivity contribution in [2.75, 3.05) is 39.3 Å². The van der Waals surface area contributed by atoms with Gasteiger partial charge < -0.3 is 24.5 Å². The number of unbranched alkanes of at least 4 members (excludes halogenated alkanes) is 2. The fourth-order valence-corrected chi connectivity index (χ4v) is 6.19. The average molecular weight is 460 g/mol. The van der Waals surface area contributed by atoms with Crippen molar-refractivity contribution < 1.29 is 24.2 Å². The largest absolute Gasteiger partial charge is 0.395 e. The number of hydrogen-bond donors (Lipinski definition) is 1. The Kier molecular flexibility index (Phi) is 6.69. The second-order valence-corrected chi connectivity index (χ2v) is 9.83. The molecule has 1 spiro atoms. The second-order valence-electron chi connectivity index (χ2n) is 9.83. The molecule has 0 radical (unpaired) electrons. The monoisotopic (exact) mass is 459 g/mol. The normalized spacial score (nSPS) is 35.6. The van der Waals surface area contributed by atoms with E-state index in [0.29, 0.717) is 26.2 Å². The molecule has 1 unspecified atom stereocenters. The first-order valence-electron chi connectivity index (χ1n) is 12.4. The molecule has 1 N–H and O–H groups in total. The van der Waals surface area contributed by atoms with E-state index < -0.39 is 29.1 Å². The van der Waals surface area contributed by atoms with Gasteiger partial charge in [-0.3, -0.25) is 14.4 Å². The number of amides is 3. The molecule has 0 aromatic rings. The Labute approximate surface area is 196 Å². The van der Waals surface area contributed by atoms with Crippen LogP contribution in [-0.2, 0) is 19.1 Å². The number of carbonyl (C=O) groups is 3. The Hall–Kier alpha value is -2.19. The van der Waals surface area contributed by atoms with Crippen LogP contribution in [0.25, 0.3) is 0 Å². The van der Waals surface area contributed by atoms with Crippen molar-refractivity contribution in [3.05, 3.63) is 24.3 Å². The van der Waals surface area contributed by atoms with Crippen LogP contribution in [0.1, 0.15) is 46.5 Å². The molecule has 5 atom stereocenters. The van der Waals surface area contributed by atoms with E-state index in [4.69, 9.17) is 4.74 Å². The van der Waals surface area contributed by atoms with Crippen LogP contribution in [0.2, 0.25) is 0 Å². The van der Waals surface area contributed by atoms with Crippen molar-refractivity contribution in [3.8, 4) is 0 Å². The number of nitrogens with zero attached hydrogens (tertiary/aromatic N) is 3. The van der Waals surface area contributed by atoms with Gasteiger partial charge in [-0.2, -0.15) is 0 Å². The fraction of sp³-hybridized carbons (Fsp3) is 0.720. The summed E-state index contributed by atoms with van der Waals surface area (Å²) in [5, 5.41) is 9.72. The molecule has 2 fully saturated rings. The number of aliphatic hydroxyl groups excluding tert-OH is 1. The summed E-state index contributed by atoms with van der Waals surface area (Å²) in [5.41, 5.74) is -2.21. The van der Waals surface area contributed by atoms with Crippen molar-refractivity contribution in [3.63, 3.8) is 0 Å². The number of likely N-dealkylation sites (tertiary alicyclic amines) is 1. The van der Waals surface area contributed by atoms with Gasteiger partial charge in [-0.15, -0.1) is 0 Å². The first-order valence-corrected chi connectivity index (χ1v) is 12.4. The molecule has 0 aromatic heterocycles. The van der Waals surface area contributed by atoms with E-state index in [1.54, 1.807) is 9.80 Å². The zero-order valence-electron chi connectivity index (χ0n) is 20.0. The van der Waals surface area contributed by atoms with Gasteiger partial charge in [-0.05, 0) is 19.8 Å². The third-order valence-electron chi connectivity index (χ3n) is 7.59. The number of carbonyl (C=O) groups excluding carboxylic acids is 3. The summed E-state index contributed by atoms with van der Waals surface area (Å²) in [4.78, 5) is 46.4.